The van der Waals surface area contributed by atoms with E-state index in [9.17, 15) is 14.0 Å². The second-order valence-electron chi connectivity index (χ2n) is 7.97. The molecule has 0 atom stereocenters. The molecule has 1 heterocycles. The molecule has 1 amide bonds. The van der Waals surface area contributed by atoms with Gasteiger partial charge in [-0.2, -0.15) is 5.10 Å². The Kier molecular flexibility index (Phi) is 8.35. The van der Waals surface area contributed by atoms with E-state index in [0.717, 1.165) is 23.5 Å². The van der Waals surface area contributed by atoms with Crippen LogP contribution in [0.15, 0.2) is 47.5 Å². The van der Waals surface area contributed by atoms with Crippen LogP contribution in [0.3, 0.4) is 0 Å². The number of guanidine groups is 1. The maximum atomic E-state index is 14.0. The molecular weight excluding hydrogens is 449 g/mol. The third-order valence-electron chi connectivity index (χ3n) is 5.55. The molecule has 0 aliphatic rings. The number of carbonyl (C=O) groups excluding carboxylic acids is 2. The lowest BCUT2D eigenvalue weighted by molar-refractivity contribution is 0.0526. The minimum absolute atomic E-state index is 0.173. The molecule has 2 N–H and O–H groups in total. The molecule has 0 saturated heterocycles. The third-order valence-corrected chi connectivity index (χ3v) is 5.55. The summed E-state index contributed by atoms with van der Waals surface area (Å²) in [6.07, 6.45) is 0. The van der Waals surface area contributed by atoms with Gasteiger partial charge in [-0.05, 0) is 76.6 Å². The van der Waals surface area contributed by atoms with E-state index >= 15 is 0 Å². The lowest BCUT2D eigenvalue weighted by atomic mass is 10.1. The molecule has 0 unspecified atom stereocenters. The normalized spacial score (nSPS) is 11.3. The topological polar surface area (TPSA) is 97.6 Å². The van der Waals surface area contributed by atoms with Gasteiger partial charge in [0, 0.05) is 29.1 Å². The Morgan fingerprint density at radius 2 is 1.74 bits per heavy atom. The monoisotopic (exact) mass is 479 g/mol. The summed E-state index contributed by atoms with van der Waals surface area (Å²) in [4.78, 5) is 29.3. The smallest absolute Gasteiger partial charge is 0.338 e. The lowest BCUT2D eigenvalue weighted by Crippen LogP contribution is -2.36. The molecule has 0 aliphatic carbocycles. The van der Waals surface area contributed by atoms with Crippen LogP contribution in [0.4, 0.5) is 10.1 Å². The molecule has 0 spiro atoms. The number of nitrogens with one attached hydrogen (secondary N) is 2. The Morgan fingerprint density at radius 3 is 2.34 bits per heavy atom. The molecule has 184 valence electrons. The number of esters is 1. The molecule has 8 nitrogen and oxygen atoms in total. The molecule has 0 saturated carbocycles. The number of benzene rings is 2. The Labute approximate surface area is 204 Å². The quantitative estimate of drug-likeness (QED) is 0.295. The third kappa shape index (κ3) is 6.32. The number of halogens is 1. The van der Waals surface area contributed by atoms with Crippen molar-refractivity contribution in [2.45, 2.75) is 47.7 Å². The van der Waals surface area contributed by atoms with Crippen LogP contribution in [0.2, 0.25) is 0 Å². The van der Waals surface area contributed by atoms with Crippen LogP contribution in [0.5, 0.6) is 0 Å². The summed E-state index contributed by atoms with van der Waals surface area (Å²) >= 11 is 0. The van der Waals surface area contributed by atoms with Crippen molar-refractivity contribution in [3.63, 3.8) is 0 Å². The zero-order valence-electron chi connectivity index (χ0n) is 20.6. The first-order valence-corrected chi connectivity index (χ1v) is 11.4. The van der Waals surface area contributed by atoms with Crippen molar-refractivity contribution < 1.29 is 18.7 Å². The summed E-state index contributed by atoms with van der Waals surface area (Å²) in [7, 11) is 0. The Morgan fingerprint density at radius 1 is 1.06 bits per heavy atom. The van der Waals surface area contributed by atoms with E-state index in [1.807, 2.05) is 25.5 Å². The molecular formula is C26H30FN5O3. The van der Waals surface area contributed by atoms with Crippen molar-refractivity contribution in [3.05, 3.63) is 81.9 Å². The van der Waals surface area contributed by atoms with Crippen molar-refractivity contribution >= 4 is 23.5 Å². The average molecular weight is 480 g/mol. The number of aryl methyl sites for hydroxylation is 3. The molecule has 2 aromatic carbocycles. The minimum atomic E-state index is -0.504. The molecule has 3 rings (SSSR count). The number of hydrogen-bond donors (Lipinski definition) is 2. The maximum absolute atomic E-state index is 14.0. The number of hydrogen-bond acceptors (Lipinski definition) is 5. The minimum Gasteiger partial charge on any atom is -0.462 e. The highest BCUT2D eigenvalue weighted by molar-refractivity contribution is 6.10. The van der Waals surface area contributed by atoms with Crippen molar-refractivity contribution in [1.29, 1.82) is 0 Å². The Hall–Kier alpha value is -4.01. The average Bonchev–Trinajstić information content (AvgIpc) is 3.12. The second-order valence-corrected chi connectivity index (χ2v) is 7.97. The fraction of sp³-hybridized carbons (Fsp3) is 0.308. The fourth-order valence-electron chi connectivity index (χ4n) is 3.49. The molecule has 3 aromatic rings. The van der Waals surface area contributed by atoms with Gasteiger partial charge in [-0.25, -0.2) is 14.2 Å². The highest BCUT2D eigenvalue weighted by Gasteiger charge is 2.14. The summed E-state index contributed by atoms with van der Waals surface area (Å²) in [5, 5.41) is 10.3. The first-order valence-electron chi connectivity index (χ1n) is 11.4. The van der Waals surface area contributed by atoms with Crippen LogP contribution in [0.1, 0.15) is 57.1 Å². The molecule has 35 heavy (non-hydrogen) atoms. The van der Waals surface area contributed by atoms with E-state index in [1.165, 1.54) is 6.07 Å². The van der Waals surface area contributed by atoms with Gasteiger partial charge in [-0.15, -0.1) is 0 Å². The SMILES string of the molecule is CCOC(=O)c1ccc(NC(=NCc2c(C)nn(CC)c2C)NC(=O)c2ccc(C)c(F)c2)cc1. The summed E-state index contributed by atoms with van der Waals surface area (Å²) in [6, 6.07) is 10.9. The largest absolute Gasteiger partial charge is 0.462 e. The number of nitrogens with zero attached hydrogens (tertiary/aromatic N) is 3. The Bertz CT molecular complexity index is 1250. The fourth-order valence-corrected chi connectivity index (χ4v) is 3.49. The predicted octanol–water partition coefficient (Wildman–Crippen LogP) is 4.54. The van der Waals surface area contributed by atoms with Crippen LogP contribution in [-0.4, -0.2) is 34.2 Å². The summed E-state index contributed by atoms with van der Waals surface area (Å²) < 4.78 is 20.9. The van der Waals surface area contributed by atoms with Crippen LogP contribution in [0, 0.1) is 26.6 Å². The van der Waals surface area contributed by atoms with Crippen LogP contribution >= 0.6 is 0 Å². The van der Waals surface area contributed by atoms with Gasteiger partial charge in [0.15, 0.2) is 0 Å². The van der Waals surface area contributed by atoms with E-state index in [4.69, 9.17) is 4.74 Å². The number of aliphatic imine (C=N–C) groups is 1. The highest BCUT2D eigenvalue weighted by atomic mass is 19.1. The maximum Gasteiger partial charge on any atom is 0.338 e. The summed E-state index contributed by atoms with van der Waals surface area (Å²) in [5.41, 5.74) is 4.45. The molecule has 0 radical (unpaired) electrons. The number of anilines is 1. The molecule has 0 aliphatic heterocycles. The van der Waals surface area contributed by atoms with Gasteiger partial charge in [0.25, 0.3) is 5.91 Å². The van der Waals surface area contributed by atoms with Crippen LogP contribution in [0.25, 0.3) is 0 Å². The van der Waals surface area contributed by atoms with Gasteiger partial charge >= 0.3 is 5.97 Å². The van der Waals surface area contributed by atoms with E-state index in [-0.39, 0.29) is 24.7 Å². The number of carbonyl (C=O) groups is 2. The van der Waals surface area contributed by atoms with Crippen molar-refractivity contribution in [2.24, 2.45) is 4.99 Å². The van der Waals surface area contributed by atoms with Gasteiger partial charge in [0.2, 0.25) is 5.96 Å². The predicted molar refractivity (Wildman–Crippen MR) is 133 cm³/mol. The van der Waals surface area contributed by atoms with E-state index in [2.05, 4.69) is 20.7 Å². The Balaban J connectivity index is 1.86. The number of aromatic nitrogens is 2. The van der Waals surface area contributed by atoms with Gasteiger partial charge in [0.1, 0.15) is 5.82 Å². The molecule has 1 aromatic heterocycles. The van der Waals surface area contributed by atoms with Crippen LogP contribution < -0.4 is 10.6 Å². The van der Waals surface area contributed by atoms with E-state index < -0.39 is 17.7 Å². The van der Waals surface area contributed by atoms with E-state index in [0.29, 0.717) is 16.8 Å². The van der Waals surface area contributed by atoms with Crippen molar-refractivity contribution in [3.8, 4) is 0 Å². The zero-order valence-corrected chi connectivity index (χ0v) is 20.6. The highest BCUT2D eigenvalue weighted by Crippen LogP contribution is 2.16. The summed E-state index contributed by atoms with van der Waals surface area (Å²) in [5.74, 6) is -1.20. The molecule has 0 bridgehead atoms. The zero-order chi connectivity index (χ0) is 25.5. The molecule has 9 heteroatoms. The number of rotatable bonds is 7. The molecule has 0 fully saturated rings. The number of amides is 1. The lowest BCUT2D eigenvalue weighted by Gasteiger charge is -2.13. The number of ether oxygens (including phenoxy) is 1. The van der Waals surface area contributed by atoms with E-state index in [1.54, 1.807) is 50.2 Å². The first-order chi connectivity index (χ1) is 16.7. The summed E-state index contributed by atoms with van der Waals surface area (Å²) in [6.45, 7) is 10.6. The van der Waals surface area contributed by atoms with Crippen molar-refractivity contribution in [1.82, 2.24) is 15.1 Å². The van der Waals surface area contributed by atoms with Crippen LogP contribution in [-0.2, 0) is 17.8 Å². The van der Waals surface area contributed by atoms with Gasteiger partial charge in [-0.3, -0.25) is 14.8 Å². The van der Waals surface area contributed by atoms with Gasteiger partial charge in [0.05, 0.1) is 24.4 Å². The second kappa shape index (κ2) is 11.4. The van der Waals surface area contributed by atoms with Gasteiger partial charge < -0.3 is 10.1 Å². The first kappa shape index (κ1) is 25.6. The van der Waals surface area contributed by atoms with Crippen molar-refractivity contribution in [2.75, 3.05) is 11.9 Å². The standard InChI is InChI=1S/C26H30FN5O3/c1-6-32-18(5)22(17(4)31-32)15-28-26(30-24(33)20-9-8-16(3)23(27)14-20)29-21-12-10-19(11-13-21)25(34)35-7-2/h8-14H,6-7,15H2,1-5H3,(H2,28,29,30,33). The van der Waals surface area contributed by atoms with Gasteiger partial charge in [-0.1, -0.05) is 6.07 Å².